The Labute approximate surface area is 92.6 Å². The Hall–Kier alpha value is -0.860. The van der Waals surface area contributed by atoms with Crippen molar-refractivity contribution >= 4 is 0 Å². The lowest BCUT2D eigenvalue weighted by atomic mass is 10.0. The van der Waals surface area contributed by atoms with Crippen LogP contribution in [-0.2, 0) is 11.2 Å². The summed E-state index contributed by atoms with van der Waals surface area (Å²) in [6, 6.07) is 9.15. The molecule has 0 aliphatic carbocycles. The average Bonchev–Trinajstić information content (AvgIpc) is 2.30. The second kappa shape index (κ2) is 6.59. The zero-order chi connectivity index (χ0) is 11.1. The molecule has 1 aromatic carbocycles. The van der Waals surface area contributed by atoms with Gasteiger partial charge < -0.3 is 10.1 Å². The van der Waals surface area contributed by atoms with Crippen molar-refractivity contribution in [3.63, 3.8) is 0 Å². The molecule has 1 atom stereocenters. The molecule has 15 heavy (non-hydrogen) atoms. The molecule has 2 nitrogen and oxygen atoms in total. The molecule has 0 bridgehead atoms. The van der Waals surface area contributed by atoms with E-state index in [-0.39, 0.29) is 0 Å². The predicted molar refractivity (Wildman–Crippen MR) is 64.1 cm³/mol. The first-order valence-electron chi connectivity index (χ1n) is 5.56. The van der Waals surface area contributed by atoms with Crippen LogP contribution in [0.3, 0.4) is 0 Å². The van der Waals surface area contributed by atoms with Crippen molar-refractivity contribution in [3.05, 3.63) is 35.4 Å². The van der Waals surface area contributed by atoms with E-state index in [4.69, 9.17) is 4.74 Å². The van der Waals surface area contributed by atoms with E-state index < -0.39 is 0 Å². The van der Waals surface area contributed by atoms with Crippen LogP contribution in [0.2, 0.25) is 0 Å². The Bertz CT molecular complexity index is 286. The van der Waals surface area contributed by atoms with E-state index in [1.54, 1.807) is 7.11 Å². The summed E-state index contributed by atoms with van der Waals surface area (Å²) in [6.07, 6.45) is 2.11. The Kier molecular flexibility index (Phi) is 5.37. The standard InChI is InChI=1S/C13H21NO/c1-4-11-6-5-7-12(10-11)13(14-2)8-9-15-3/h5-7,10,13-14H,4,8-9H2,1-3H3. The third-order valence-electron chi connectivity index (χ3n) is 2.72. The highest BCUT2D eigenvalue weighted by Crippen LogP contribution is 2.17. The van der Waals surface area contributed by atoms with Gasteiger partial charge in [-0.15, -0.1) is 0 Å². The molecule has 0 aliphatic rings. The SMILES string of the molecule is CCc1cccc(C(CCOC)NC)c1. The molecule has 0 saturated heterocycles. The van der Waals surface area contributed by atoms with Gasteiger partial charge in [0.15, 0.2) is 0 Å². The van der Waals surface area contributed by atoms with Gasteiger partial charge in [-0.3, -0.25) is 0 Å². The van der Waals surface area contributed by atoms with Gasteiger partial charge in [0.1, 0.15) is 0 Å². The molecule has 0 aromatic heterocycles. The van der Waals surface area contributed by atoms with Crippen LogP contribution in [0, 0.1) is 0 Å². The number of hydrogen-bond acceptors (Lipinski definition) is 2. The van der Waals surface area contributed by atoms with Crippen molar-refractivity contribution in [2.24, 2.45) is 0 Å². The summed E-state index contributed by atoms with van der Waals surface area (Å²) in [4.78, 5) is 0. The first-order valence-corrected chi connectivity index (χ1v) is 5.56. The molecule has 0 aliphatic heterocycles. The maximum atomic E-state index is 5.11. The first kappa shape index (κ1) is 12.2. The van der Waals surface area contributed by atoms with E-state index in [2.05, 4.69) is 36.5 Å². The first-order chi connectivity index (χ1) is 7.31. The number of rotatable bonds is 6. The lowest BCUT2D eigenvalue weighted by molar-refractivity contribution is 0.184. The molecule has 84 valence electrons. The van der Waals surface area contributed by atoms with E-state index in [1.807, 2.05) is 7.05 Å². The van der Waals surface area contributed by atoms with E-state index in [0.29, 0.717) is 6.04 Å². The number of aryl methyl sites for hydroxylation is 1. The molecular formula is C13H21NO. The van der Waals surface area contributed by atoms with Crippen LogP contribution in [0.1, 0.15) is 30.5 Å². The maximum absolute atomic E-state index is 5.11. The Morgan fingerprint density at radius 1 is 1.40 bits per heavy atom. The van der Waals surface area contributed by atoms with Gasteiger partial charge in [0.05, 0.1) is 0 Å². The third-order valence-corrected chi connectivity index (χ3v) is 2.72. The Morgan fingerprint density at radius 2 is 2.20 bits per heavy atom. The van der Waals surface area contributed by atoms with Gasteiger partial charge >= 0.3 is 0 Å². The minimum Gasteiger partial charge on any atom is -0.385 e. The van der Waals surface area contributed by atoms with Gasteiger partial charge in [-0.2, -0.15) is 0 Å². The van der Waals surface area contributed by atoms with Crippen molar-refractivity contribution < 1.29 is 4.74 Å². The van der Waals surface area contributed by atoms with Gasteiger partial charge in [0.25, 0.3) is 0 Å². The molecule has 0 saturated carbocycles. The van der Waals surface area contributed by atoms with E-state index in [1.165, 1.54) is 11.1 Å². The van der Waals surface area contributed by atoms with Gasteiger partial charge in [-0.1, -0.05) is 31.2 Å². The van der Waals surface area contributed by atoms with E-state index >= 15 is 0 Å². The molecule has 1 rings (SSSR count). The van der Waals surface area contributed by atoms with Crippen LogP contribution >= 0.6 is 0 Å². The minimum atomic E-state index is 0.399. The van der Waals surface area contributed by atoms with Crippen LogP contribution in [0.25, 0.3) is 0 Å². The maximum Gasteiger partial charge on any atom is 0.0480 e. The van der Waals surface area contributed by atoms with Crippen molar-refractivity contribution in [3.8, 4) is 0 Å². The highest BCUT2D eigenvalue weighted by atomic mass is 16.5. The summed E-state index contributed by atoms with van der Waals surface area (Å²) in [6.45, 7) is 2.98. The molecule has 0 radical (unpaired) electrons. The molecule has 1 N–H and O–H groups in total. The number of methoxy groups -OCH3 is 1. The molecule has 0 spiro atoms. The Morgan fingerprint density at radius 3 is 2.80 bits per heavy atom. The fourth-order valence-electron chi connectivity index (χ4n) is 1.74. The second-order valence-electron chi connectivity index (χ2n) is 3.72. The highest BCUT2D eigenvalue weighted by molar-refractivity contribution is 5.26. The largest absolute Gasteiger partial charge is 0.385 e. The van der Waals surface area contributed by atoms with Gasteiger partial charge in [0.2, 0.25) is 0 Å². The fraction of sp³-hybridized carbons (Fsp3) is 0.538. The number of ether oxygens (including phenoxy) is 1. The molecule has 0 amide bonds. The third kappa shape index (κ3) is 3.65. The van der Waals surface area contributed by atoms with Crippen LogP contribution in [0.4, 0.5) is 0 Å². The van der Waals surface area contributed by atoms with Crippen LogP contribution in [-0.4, -0.2) is 20.8 Å². The summed E-state index contributed by atoms with van der Waals surface area (Å²) >= 11 is 0. The number of nitrogens with one attached hydrogen (secondary N) is 1. The van der Waals surface area contributed by atoms with Crippen LogP contribution in [0.5, 0.6) is 0 Å². The fourth-order valence-corrected chi connectivity index (χ4v) is 1.74. The Balaban J connectivity index is 2.72. The van der Waals surface area contributed by atoms with Gasteiger partial charge in [-0.25, -0.2) is 0 Å². The van der Waals surface area contributed by atoms with Crippen LogP contribution < -0.4 is 5.32 Å². The number of benzene rings is 1. The smallest absolute Gasteiger partial charge is 0.0480 e. The normalized spacial score (nSPS) is 12.7. The minimum absolute atomic E-state index is 0.399. The predicted octanol–water partition coefficient (Wildman–Crippen LogP) is 2.55. The zero-order valence-corrected chi connectivity index (χ0v) is 9.92. The molecule has 0 heterocycles. The van der Waals surface area contributed by atoms with E-state index in [9.17, 15) is 0 Å². The van der Waals surface area contributed by atoms with Crippen molar-refractivity contribution in [2.45, 2.75) is 25.8 Å². The molecule has 0 fully saturated rings. The molecular weight excluding hydrogens is 186 g/mol. The number of hydrogen-bond donors (Lipinski definition) is 1. The summed E-state index contributed by atoms with van der Waals surface area (Å²) in [5.74, 6) is 0. The van der Waals surface area contributed by atoms with Crippen molar-refractivity contribution in [2.75, 3.05) is 20.8 Å². The van der Waals surface area contributed by atoms with Crippen molar-refractivity contribution in [1.82, 2.24) is 5.32 Å². The van der Waals surface area contributed by atoms with Crippen molar-refractivity contribution in [1.29, 1.82) is 0 Å². The summed E-state index contributed by atoms with van der Waals surface area (Å²) in [5.41, 5.74) is 2.75. The topological polar surface area (TPSA) is 21.3 Å². The van der Waals surface area contributed by atoms with Gasteiger partial charge in [0, 0.05) is 19.8 Å². The highest BCUT2D eigenvalue weighted by Gasteiger charge is 2.08. The lowest BCUT2D eigenvalue weighted by Crippen LogP contribution is -2.18. The summed E-state index contributed by atoms with van der Waals surface area (Å²) < 4.78 is 5.11. The zero-order valence-electron chi connectivity index (χ0n) is 9.92. The average molecular weight is 207 g/mol. The summed E-state index contributed by atoms with van der Waals surface area (Å²) in [5, 5.41) is 3.32. The monoisotopic (exact) mass is 207 g/mol. The second-order valence-corrected chi connectivity index (χ2v) is 3.72. The van der Waals surface area contributed by atoms with Crippen LogP contribution in [0.15, 0.2) is 24.3 Å². The quantitative estimate of drug-likeness (QED) is 0.774. The van der Waals surface area contributed by atoms with Gasteiger partial charge in [-0.05, 0) is 31.0 Å². The molecule has 2 heteroatoms. The lowest BCUT2D eigenvalue weighted by Gasteiger charge is -2.16. The summed E-state index contributed by atoms with van der Waals surface area (Å²) in [7, 11) is 3.74. The van der Waals surface area contributed by atoms with E-state index in [0.717, 1.165) is 19.4 Å². The molecule has 1 aromatic rings. The molecule has 1 unspecified atom stereocenters.